The number of benzene rings is 1. The third kappa shape index (κ3) is 5.75. The molecule has 3 heterocycles. The SMILES string of the molecule is CS[C@H]1CN(C(=O)C(CC(C)(C)C)NC(=O)c2ccc(N3CCN(C4CCC4)CC3)cc2)[C@@H]2C(=O)CO[C@H]12. The van der Waals surface area contributed by atoms with Gasteiger partial charge in [0.1, 0.15) is 18.7 Å². The molecule has 0 radical (unpaired) electrons. The molecule has 4 fully saturated rings. The fourth-order valence-electron chi connectivity index (χ4n) is 6.22. The maximum atomic E-state index is 13.8. The highest BCUT2D eigenvalue weighted by molar-refractivity contribution is 7.99. The molecule has 3 saturated heterocycles. The van der Waals surface area contributed by atoms with E-state index in [1.54, 1.807) is 16.7 Å². The second-order valence-corrected chi connectivity index (χ2v) is 13.5. The Hall–Kier alpha value is -2.10. The summed E-state index contributed by atoms with van der Waals surface area (Å²) in [5.41, 5.74) is 1.48. The van der Waals surface area contributed by atoms with Gasteiger partial charge in [-0.1, -0.05) is 27.2 Å². The molecule has 1 N–H and O–H groups in total. The van der Waals surface area contributed by atoms with Crippen molar-refractivity contribution in [3.05, 3.63) is 29.8 Å². The fourth-order valence-corrected chi connectivity index (χ4v) is 7.03. The number of nitrogens with zero attached hydrogens (tertiary/aromatic N) is 3. The van der Waals surface area contributed by atoms with E-state index in [-0.39, 0.29) is 41.0 Å². The van der Waals surface area contributed by atoms with Crippen LogP contribution >= 0.6 is 11.8 Å². The van der Waals surface area contributed by atoms with Crippen molar-refractivity contribution in [2.45, 2.75) is 75.9 Å². The monoisotopic (exact) mass is 542 g/mol. The van der Waals surface area contributed by atoms with Gasteiger partial charge in [0, 0.05) is 50.0 Å². The van der Waals surface area contributed by atoms with E-state index < -0.39 is 12.1 Å². The number of hydrogen-bond acceptors (Lipinski definition) is 7. The van der Waals surface area contributed by atoms with Crippen molar-refractivity contribution >= 4 is 35.0 Å². The summed E-state index contributed by atoms with van der Waals surface area (Å²) in [4.78, 5) is 46.4. The Morgan fingerprint density at radius 3 is 2.37 bits per heavy atom. The van der Waals surface area contributed by atoms with Gasteiger partial charge in [0.2, 0.25) is 5.91 Å². The second-order valence-electron chi connectivity index (χ2n) is 12.4. The number of anilines is 1. The number of nitrogens with one attached hydrogen (secondary N) is 1. The Balaban J connectivity index is 1.24. The van der Waals surface area contributed by atoms with Crippen molar-refractivity contribution in [3.63, 3.8) is 0 Å². The highest BCUT2D eigenvalue weighted by Crippen LogP contribution is 2.35. The van der Waals surface area contributed by atoms with Crippen molar-refractivity contribution in [1.82, 2.24) is 15.1 Å². The molecule has 5 rings (SSSR count). The molecular weight excluding hydrogens is 500 g/mol. The number of ketones is 1. The van der Waals surface area contributed by atoms with Crippen LogP contribution in [0, 0.1) is 5.41 Å². The summed E-state index contributed by atoms with van der Waals surface area (Å²) in [5.74, 6) is -0.510. The van der Waals surface area contributed by atoms with E-state index >= 15 is 0 Å². The normalized spacial score (nSPS) is 27.3. The molecule has 1 aromatic carbocycles. The Kier molecular flexibility index (Phi) is 8.08. The molecule has 8 nitrogen and oxygen atoms in total. The smallest absolute Gasteiger partial charge is 0.251 e. The molecule has 1 saturated carbocycles. The van der Waals surface area contributed by atoms with Crippen LogP contribution in [0.5, 0.6) is 0 Å². The molecule has 4 atom stereocenters. The molecule has 0 aromatic heterocycles. The molecule has 38 heavy (non-hydrogen) atoms. The molecule has 1 unspecified atom stereocenters. The Bertz CT molecular complexity index is 1030. The Labute approximate surface area is 230 Å². The summed E-state index contributed by atoms with van der Waals surface area (Å²) < 4.78 is 5.73. The number of fused-ring (bicyclic) bond motifs is 1. The van der Waals surface area contributed by atoms with Crippen molar-refractivity contribution < 1.29 is 19.1 Å². The van der Waals surface area contributed by atoms with Gasteiger partial charge in [-0.15, -0.1) is 0 Å². The van der Waals surface area contributed by atoms with Gasteiger partial charge in [-0.05, 0) is 55.2 Å². The first-order valence-corrected chi connectivity index (χ1v) is 15.3. The highest BCUT2D eigenvalue weighted by Gasteiger charge is 2.53. The molecule has 1 aromatic rings. The van der Waals surface area contributed by atoms with Gasteiger partial charge in [-0.25, -0.2) is 0 Å². The van der Waals surface area contributed by atoms with E-state index in [0.717, 1.165) is 37.9 Å². The minimum Gasteiger partial charge on any atom is -0.369 e. The minimum atomic E-state index is -0.712. The number of thioether (sulfide) groups is 1. The summed E-state index contributed by atoms with van der Waals surface area (Å²) in [7, 11) is 0. The quantitative estimate of drug-likeness (QED) is 0.568. The minimum absolute atomic E-state index is 0.0500. The predicted octanol–water partition coefficient (Wildman–Crippen LogP) is 2.81. The first-order valence-electron chi connectivity index (χ1n) is 14.0. The number of amides is 2. The molecule has 2 amide bonds. The summed E-state index contributed by atoms with van der Waals surface area (Å²) in [6.45, 7) is 10.9. The largest absolute Gasteiger partial charge is 0.369 e. The van der Waals surface area contributed by atoms with Crippen LogP contribution in [-0.2, 0) is 14.3 Å². The van der Waals surface area contributed by atoms with Gasteiger partial charge in [0.25, 0.3) is 5.91 Å². The van der Waals surface area contributed by atoms with Gasteiger partial charge in [-0.2, -0.15) is 11.8 Å². The van der Waals surface area contributed by atoms with Crippen LogP contribution in [-0.4, -0.2) is 102 Å². The lowest BCUT2D eigenvalue weighted by atomic mass is 9.87. The van der Waals surface area contributed by atoms with Crippen LogP contribution in [0.3, 0.4) is 0 Å². The van der Waals surface area contributed by atoms with Gasteiger partial charge in [0.15, 0.2) is 5.78 Å². The highest BCUT2D eigenvalue weighted by atomic mass is 32.2. The zero-order valence-corrected chi connectivity index (χ0v) is 24.0. The van der Waals surface area contributed by atoms with E-state index in [4.69, 9.17) is 4.74 Å². The molecule has 3 aliphatic heterocycles. The lowest BCUT2D eigenvalue weighted by Crippen LogP contribution is -2.53. The zero-order valence-electron chi connectivity index (χ0n) is 23.2. The second kappa shape index (κ2) is 11.2. The first-order chi connectivity index (χ1) is 18.1. The van der Waals surface area contributed by atoms with Crippen LogP contribution in [0.25, 0.3) is 0 Å². The number of carbonyl (C=O) groups excluding carboxylic acids is 3. The number of carbonyl (C=O) groups is 3. The maximum Gasteiger partial charge on any atom is 0.251 e. The molecule has 9 heteroatoms. The fraction of sp³-hybridized carbons (Fsp3) is 0.690. The van der Waals surface area contributed by atoms with Crippen LogP contribution < -0.4 is 10.2 Å². The molecule has 1 aliphatic carbocycles. The lowest BCUT2D eigenvalue weighted by molar-refractivity contribution is -0.138. The van der Waals surface area contributed by atoms with Crippen molar-refractivity contribution in [3.8, 4) is 0 Å². The molecule has 0 spiro atoms. The van der Waals surface area contributed by atoms with E-state index in [9.17, 15) is 14.4 Å². The van der Waals surface area contributed by atoms with Gasteiger partial charge in [-0.3, -0.25) is 19.3 Å². The van der Waals surface area contributed by atoms with Crippen LogP contribution in [0.4, 0.5) is 5.69 Å². The lowest BCUT2D eigenvalue weighted by Gasteiger charge is -2.43. The van der Waals surface area contributed by atoms with E-state index in [1.165, 1.54) is 19.3 Å². The first kappa shape index (κ1) is 27.5. The van der Waals surface area contributed by atoms with Crippen LogP contribution in [0.2, 0.25) is 0 Å². The summed E-state index contributed by atoms with van der Waals surface area (Å²) in [6.07, 6.45) is 6.23. The number of rotatable bonds is 7. The third-order valence-electron chi connectivity index (χ3n) is 8.54. The van der Waals surface area contributed by atoms with Crippen LogP contribution in [0.1, 0.15) is 56.8 Å². The Morgan fingerprint density at radius 1 is 1.11 bits per heavy atom. The topological polar surface area (TPSA) is 82.2 Å². The van der Waals surface area contributed by atoms with Crippen molar-refractivity contribution in [2.24, 2.45) is 5.41 Å². The molecule has 0 bridgehead atoms. The number of ether oxygens (including phenoxy) is 1. The van der Waals surface area contributed by atoms with E-state index in [2.05, 4.69) is 35.9 Å². The number of piperazine rings is 1. The predicted molar refractivity (Wildman–Crippen MR) is 151 cm³/mol. The van der Waals surface area contributed by atoms with Crippen molar-refractivity contribution in [1.29, 1.82) is 0 Å². The van der Waals surface area contributed by atoms with E-state index in [0.29, 0.717) is 18.5 Å². The standard InChI is InChI=1S/C29H42N4O4S/c1-29(2,3)16-22(28(36)33-17-24(38-4)26-25(33)23(34)18-37-26)30-27(35)19-8-10-21(11-9-19)32-14-12-31(13-15-32)20-6-5-7-20/h8-11,20,22,24-26H,5-7,12-18H2,1-4H3,(H,30,35)/t22?,24-,25+,26+/m0/s1. The summed E-state index contributed by atoms with van der Waals surface area (Å²) in [6, 6.07) is 7.25. The number of Topliss-reactive ketones (excluding diaryl/α,β-unsaturated/α-hetero) is 1. The molecule has 4 aliphatic rings. The Morgan fingerprint density at radius 2 is 1.79 bits per heavy atom. The molecular formula is C29H42N4O4S. The number of likely N-dealkylation sites (tertiary alicyclic amines) is 1. The summed E-state index contributed by atoms with van der Waals surface area (Å²) in [5, 5.41) is 3.07. The van der Waals surface area contributed by atoms with Crippen molar-refractivity contribution in [2.75, 3.05) is 50.5 Å². The third-order valence-corrected chi connectivity index (χ3v) is 9.57. The summed E-state index contributed by atoms with van der Waals surface area (Å²) >= 11 is 1.62. The van der Waals surface area contributed by atoms with Crippen LogP contribution in [0.15, 0.2) is 24.3 Å². The van der Waals surface area contributed by atoms with Gasteiger partial charge < -0.3 is 19.9 Å². The van der Waals surface area contributed by atoms with Gasteiger partial charge >= 0.3 is 0 Å². The average molecular weight is 543 g/mol. The zero-order chi connectivity index (χ0) is 27.0. The van der Waals surface area contributed by atoms with E-state index in [1.807, 2.05) is 30.5 Å². The maximum absolute atomic E-state index is 13.8. The average Bonchev–Trinajstić information content (AvgIpc) is 3.42. The number of hydrogen-bond donors (Lipinski definition) is 1. The molecule has 208 valence electrons. The van der Waals surface area contributed by atoms with Gasteiger partial charge in [0.05, 0.1) is 11.4 Å².